The second-order valence-electron chi connectivity index (χ2n) is 5.22. The highest BCUT2D eigenvalue weighted by atomic mass is 19.4. The number of alkyl halides is 3. The van der Waals surface area contributed by atoms with Crippen molar-refractivity contribution in [3.05, 3.63) is 29.6 Å². The van der Waals surface area contributed by atoms with Crippen molar-refractivity contribution in [2.24, 2.45) is 5.41 Å². The number of aliphatic hydroxyl groups excluding tert-OH is 2. The Morgan fingerprint density at radius 2 is 1.72 bits per heavy atom. The molecule has 0 spiro atoms. The van der Waals surface area contributed by atoms with Crippen LogP contribution in [0.3, 0.4) is 0 Å². The molecule has 0 radical (unpaired) electrons. The van der Waals surface area contributed by atoms with Gasteiger partial charge in [-0.1, -0.05) is 20.8 Å². The summed E-state index contributed by atoms with van der Waals surface area (Å²) in [4.78, 5) is 3.57. The number of aliphatic hydroxyl groups is 2. The molecule has 1 aromatic heterocycles. The first-order valence-electron chi connectivity index (χ1n) is 5.42. The van der Waals surface area contributed by atoms with Crippen molar-refractivity contribution < 1.29 is 23.4 Å². The van der Waals surface area contributed by atoms with Gasteiger partial charge in [0, 0.05) is 18.0 Å². The van der Waals surface area contributed by atoms with Gasteiger partial charge in [0.2, 0.25) is 0 Å². The molecular weight excluding hydrogens is 247 g/mol. The molecule has 2 atom stereocenters. The van der Waals surface area contributed by atoms with E-state index in [1.807, 2.05) is 0 Å². The predicted octanol–water partition coefficient (Wildman–Crippen LogP) is 2.54. The van der Waals surface area contributed by atoms with Crippen LogP contribution in [0, 0.1) is 5.41 Å². The number of nitrogens with zero attached hydrogens (tertiary/aromatic N) is 1. The van der Waals surface area contributed by atoms with Crippen molar-refractivity contribution in [2.45, 2.75) is 39.2 Å². The van der Waals surface area contributed by atoms with Crippen LogP contribution in [0.2, 0.25) is 0 Å². The van der Waals surface area contributed by atoms with Gasteiger partial charge < -0.3 is 10.2 Å². The molecule has 3 nitrogen and oxygen atoms in total. The van der Waals surface area contributed by atoms with Crippen molar-refractivity contribution in [1.82, 2.24) is 4.98 Å². The van der Waals surface area contributed by atoms with Crippen LogP contribution in [0.1, 0.15) is 38.0 Å². The van der Waals surface area contributed by atoms with Crippen LogP contribution in [-0.4, -0.2) is 21.3 Å². The Bertz CT molecular complexity index is 413. The Morgan fingerprint density at radius 3 is 2.17 bits per heavy atom. The molecule has 2 N–H and O–H groups in total. The van der Waals surface area contributed by atoms with Crippen LogP contribution in [0.5, 0.6) is 0 Å². The molecule has 1 heterocycles. The number of halogens is 3. The van der Waals surface area contributed by atoms with Gasteiger partial charge in [0.15, 0.2) is 0 Å². The summed E-state index contributed by atoms with van der Waals surface area (Å²) in [6.07, 6.45) is -5.60. The maximum atomic E-state index is 12.7. The van der Waals surface area contributed by atoms with Crippen molar-refractivity contribution >= 4 is 0 Å². The van der Waals surface area contributed by atoms with Gasteiger partial charge in [0.1, 0.15) is 6.10 Å². The molecule has 0 saturated carbocycles. The molecular formula is C12H16F3NO2. The zero-order valence-electron chi connectivity index (χ0n) is 10.4. The van der Waals surface area contributed by atoms with E-state index >= 15 is 0 Å². The molecule has 0 bridgehead atoms. The van der Waals surface area contributed by atoms with Gasteiger partial charge in [0.25, 0.3) is 0 Å². The summed E-state index contributed by atoms with van der Waals surface area (Å²) in [6.45, 7) is 4.89. The Morgan fingerprint density at radius 1 is 1.17 bits per heavy atom. The fourth-order valence-electron chi connectivity index (χ4n) is 1.54. The molecule has 6 heteroatoms. The zero-order chi connectivity index (χ0) is 14.1. The van der Waals surface area contributed by atoms with Crippen molar-refractivity contribution in [3.8, 4) is 0 Å². The van der Waals surface area contributed by atoms with E-state index in [4.69, 9.17) is 0 Å². The smallest absolute Gasteiger partial charge is 0.390 e. The van der Waals surface area contributed by atoms with Gasteiger partial charge in [-0.3, -0.25) is 4.98 Å². The van der Waals surface area contributed by atoms with Gasteiger partial charge in [-0.25, -0.2) is 0 Å². The van der Waals surface area contributed by atoms with E-state index in [1.54, 1.807) is 20.8 Å². The number of rotatable bonds is 2. The molecule has 1 aromatic rings. The maximum Gasteiger partial charge on any atom is 0.416 e. The minimum Gasteiger partial charge on any atom is -0.390 e. The normalized spacial score (nSPS) is 16.4. The standard InChI is InChI=1S/C12H16F3NO2/c1-11(2,3)10(18)9(17)7-6-16-5-4-8(7)12(13,14)15/h4-6,9-10,17-18H,1-3H3. The molecule has 0 saturated heterocycles. The molecule has 18 heavy (non-hydrogen) atoms. The highest BCUT2D eigenvalue weighted by molar-refractivity contribution is 5.29. The summed E-state index contributed by atoms with van der Waals surface area (Å²) in [7, 11) is 0. The monoisotopic (exact) mass is 263 g/mol. The third kappa shape index (κ3) is 3.20. The van der Waals surface area contributed by atoms with Crippen LogP contribution in [0.15, 0.2) is 18.5 Å². The molecule has 0 amide bonds. The van der Waals surface area contributed by atoms with E-state index in [9.17, 15) is 23.4 Å². The van der Waals surface area contributed by atoms with Gasteiger partial charge in [-0.05, 0) is 11.5 Å². The second kappa shape index (κ2) is 4.85. The lowest BCUT2D eigenvalue weighted by atomic mass is 9.83. The molecule has 102 valence electrons. The SMILES string of the molecule is CC(C)(C)C(O)C(O)c1cnccc1C(F)(F)F. The average molecular weight is 263 g/mol. The molecule has 0 aliphatic carbocycles. The predicted molar refractivity (Wildman–Crippen MR) is 59.7 cm³/mol. The summed E-state index contributed by atoms with van der Waals surface area (Å²) in [5.41, 5.74) is -2.13. The van der Waals surface area contributed by atoms with Crippen molar-refractivity contribution in [2.75, 3.05) is 0 Å². The molecule has 0 fully saturated rings. The van der Waals surface area contributed by atoms with E-state index in [1.165, 1.54) is 0 Å². The quantitative estimate of drug-likeness (QED) is 0.862. The zero-order valence-corrected chi connectivity index (χ0v) is 10.4. The van der Waals surface area contributed by atoms with Crippen LogP contribution < -0.4 is 0 Å². The summed E-state index contributed by atoms with van der Waals surface area (Å²) < 4.78 is 38.2. The lowest BCUT2D eigenvalue weighted by Crippen LogP contribution is -2.33. The minimum atomic E-state index is -4.59. The molecule has 1 rings (SSSR count). The number of aromatic nitrogens is 1. The fourth-order valence-corrected chi connectivity index (χ4v) is 1.54. The Kier molecular flexibility index (Phi) is 4.02. The first-order chi connectivity index (χ1) is 8.05. The first kappa shape index (κ1) is 14.9. The number of hydrogen-bond donors (Lipinski definition) is 2. The second-order valence-corrected chi connectivity index (χ2v) is 5.22. The Hall–Kier alpha value is -1.14. The van der Waals surface area contributed by atoms with E-state index in [0.717, 1.165) is 18.5 Å². The van der Waals surface area contributed by atoms with Crippen LogP contribution >= 0.6 is 0 Å². The van der Waals surface area contributed by atoms with Gasteiger partial charge in [0.05, 0.1) is 11.7 Å². The largest absolute Gasteiger partial charge is 0.416 e. The van der Waals surface area contributed by atoms with E-state index in [0.29, 0.717) is 0 Å². The summed E-state index contributed by atoms with van der Waals surface area (Å²) in [5, 5.41) is 19.7. The van der Waals surface area contributed by atoms with Gasteiger partial charge in [-0.15, -0.1) is 0 Å². The number of pyridine rings is 1. The van der Waals surface area contributed by atoms with E-state index in [-0.39, 0.29) is 0 Å². The molecule has 0 aliphatic heterocycles. The third-order valence-electron chi connectivity index (χ3n) is 2.66. The van der Waals surface area contributed by atoms with E-state index < -0.39 is 34.9 Å². The molecule has 2 unspecified atom stereocenters. The van der Waals surface area contributed by atoms with Gasteiger partial charge >= 0.3 is 6.18 Å². The van der Waals surface area contributed by atoms with Crippen molar-refractivity contribution in [1.29, 1.82) is 0 Å². The maximum absolute atomic E-state index is 12.7. The molecule has 0 aliphatic rings. The first-order valence-corrected chi connectivity index (χ1v) is 5.42. The minimum absolute atomic E-state index is 0.410. The highest BCUT2D eigenvalue weighted by Crippen LogP contribution is 2.37. The Labute approximate surface area is 103 Å². The average Bonchev–Trinajstić information content (AvgIpc) is 2.24. The summed E-state index contributed by atoms with van der Waals surface area (Å²) >= 11 is 0. The van der Waals surface area contributed by atoms with Crippen LogP contribution in [-0.2, 0) is 6.18 Å². The van der Waals surface area contributed by atoms with Crippen LogP contribution in [0.25, 0.3) is 0 Å². The molecule has 0 aromatic carbocycles. The number of hydrogen-bond acceptors (Lipinski definition) is 3. The summed E-state index contributed by atoms with van der Waals surface area (Å²) in [6, 6.07) is 0.786. The fraction of sp³-hybridized carbons (Fsp3) is 0.583. The topological polar surface area (TPSA) is 53.4 Å². The van der Waals surface area contributed by atoms with Gasteiger partial charge in [-0.2, -0.15) is 13.2 Å². The highest BCUT2D eigenvalue weighted by Gasteiger charge is 2.38. The lowest BCUT2D eigenvalue weighted by Gasteiger charge is -2.31. The van der Waals surface area contributed by atoms with E-state index in [2.05, 4.69) is 4.98 Å². The lowest BCUT2D eigenvalue weighted by molar-refractivity contribution is -0.140. The summed E-state index contributed by atoms with van der Waals surface area (Å²) in [5.74, 6) is 0. The Balaban J connectivity index is 3.18. The third-order valence-corrected chi connectivity index (χ3v) is 2.66. The van der Waals surface area contributed by atoms with Crippen molar-refractivity contribution in [3.63, 3.8) is 0 Å². The van der Waals surface area contributed by atoms with Crippen LogP contribution in [0.4, 0.5) is 13.2 Å².